The molecule has 32 heavy (non-hydrogen) atoms. The highest BCUT2D eigenvalue weighted by molar-refractivity contribution is 5.96. The van der Waals surface area contributed by atoms with Gasteiger partial charge in [0.1, 0.15) is 5.76 Å². The fraction of sp³-hybridized carbons (Fsp3) is 0.417. The minimum absolute atomic E-state index is 0.0839. The maximum atomic E-state index is 14.0. The van der Waals surface area contributed by atoms with Crippen LogP contribution in [-0.2, 0) is 18.4 Å². The summed E-state index contributed by atoms with van der Waals surface area (Å²) in [5.41, 5.74) is 1.94. The average molecular weight is 434 g/mol. The van der Waals surface area contributed by atoms with E-state index in [-0.39, 0.29) is 17.7 Å². The predicted octanol–water partition coefficient (Wildman–Crippen LogP) is 2.77. The summed E-state index contributed by atoms with van der Waals surface area (Å²) in [6, 6.07) is 7.57. The molecule has 2 aliphatic rings. The van der Waals surface area contributed by atoms with Gasteiger partial charge in [0.05, 0.1) is 17.2 Å². The number of hydrogen-bond donors (Lipinski definition) is 0. The molecule has 3 aromatic rings. The molecule has 0 aliphatic carbocycles. The Balaban J connectivity index is 1.50. The van der Waals surface area contributed by atoms with Crippen LogP contribution in [0.2, 0.25) is 0 Å². The number of carbonyl (C=O) groups excluding carboxylic acids is 2. The largest absolute Gasteiger partial charge is 0.469 e. The van der Waals surface area contributed by atoms with Gasteiger partial charge >= 0.3 is 0 Å². The maximum absolute atomic E-state index is 14.0. The van der Waals surface area contributed by atoms with Gasteiger partial charge in [0, 0.05) is 63.4 Å². The van der Waals surface area contributed by atoms with Crippen LogP contribution in [0.4, 0.5) is 0 Å². The molecular weight excluding hydrogens is 406 g/mol. The third-order valence-corrected chi connectivity index (χ3v) is 7.02. The lowest BCUT2D eigenvalue weighted by Crippen LogP contribution is -2.52. The smallest absolute Gasteiger partial charge is 0.257 e. The van der Waals surface area contributed by atoms with E-state index in [9.17, 15) is 9.59 Å². The molecule has 8 heteroatoms. The number of aryl methyl sites for hydroxylation is 2. The van der Waals surface area contributed by atoms with E-state index in [1.54, 1.807) is 31.6 Å². The molecule has 5 heterocycles. The zero-order chi connectivity index (χ0) is 22.3. The number of aromatic nitrogens is 3. The molecule has 1 spiro atoms. The van der Waals surface area contributed by atoms with Gasteiger partial charge in [0.2, 0.25) is 5.91 Å². The first-order valence-electron chi connectivity index (χ1n) is 11.0. The molecule has 8 nitrogen and oxygen atoms in total. The molecule has 2 saturated heterocycles. The van der Waals surface area contributed by atoms with Crippen LogP contribution in [0.15, 0.2) is 53.5 Å². The Morgan fingerprint density at radius 1 is 1.22 bits per heavy atom. The number of furan rings is 1. The molecule has 0 radical (unpaired) electrons. The predicted molar refractivity (Wildman–Crippen MR) is 117 cm³/mol. The summed E-state index contributed by atoms with van der Waals surface area (Å²) in [5.74, 6) is 0.520. The van der Waals surface area contributed by atoms with E-state index in [0.29, 0.717) is 31.0 Å². The Hall–Kier alpha value is -3.42. The second kappa shape index (κ2) is 7.93. The Kier molecular flexibility index (Phi) is 5.07. The Morgan fingerprint density at radius 3 is 2.72 bits per heavy atom. The fourth-order valence-electron chi connectivity index (χ4n) is 5.38. The van der Waals surface area contributed by atoms with Crippen molar-refractivity contribution in [1.29, 1.82) is 0 Å². The van der Waals surface area contributed by atoms with Crippen LogP contribution in [0.1, 0.15) is 46.1 Å². The zero-order valence-corrected chi connectivity index (χ0v) is 18.4. The van der Waals surface area contributed by atoms with Crippen molar-refractivity contribution in [2.24, 2.45) is 12.5 Å². The van der Waals surface area contributed by atoms with E-state index in [4.69, 9.17) is 4.42 Å². The fourth-order valence-corrected chi connectivity index (χ4v) is 5.38. The molecule has 0 unspecified atom stereocenters. The van der Waals surface area contributed by atoms with Gasteiger partial charge < -0.3 is 14.2 Å². The second-order valence-corrected chi connectivity index (χ2v) is 8.85. The first kappa shape index (κ1) is 20.5. The molecule has 2 fully saturated rings. The molecule has 2 aliphatic heterocycles. The number of amides is 2. The van der Waals surface area contributed by atoms with Crippen molar-refractivity contribution in [3.63, 3.8) is 0 Å². The Morgan fingerprint density at radius 2 is 2.03 bits per heavy atom. The average Bonchev–Trinajstić information content (AvgIpc) is 3.51. The molecule has 0 bridgehead atoms. The van der Waals surface area contributed by atoms with Crippen molar-refractivity contribution < 1.29 is 14.0 Å². The quantitative estimate of drug-likeness (QED) is 0.632. The van der Waals surface area contributed by atoms with Crippen LogP contribution in [-0.4, -0.2) is 56.0 Å². The van der Waals surface area contributed by atoms with Crippen LogP contribution < -0.4 is 0 Å². The van der Waals surface area contributed by atoms with Crippen LogP contribution in [0.25, 0.3) is 0 Å². The normalized spacial score (nSPS) is 23.3. The first-order chi connectivity index (χ1) is 15.5. The topological polar surface area (TPSA) is 84.5 Å². The first-order valence-corrected chi connectivity index (χ1v) is 11.0. The van der Waals surface area contributed by atoms with Crippen LogP contribution >= 0.6 is 0 Å². The maximum Gasteiger partial charge on any atom is 0.257 e. The van der Waals surface area contributed by atoms with E-state index in [2.05, 4.69) is 10.1 Å². The molecule has 5 rings (SSSR count). The summed E-state index contributed by atoms with van der Waals surface area (Å²) < 4.78 is 7.19. The van der Waals surface area contributed by atoms with Crippen molar-refractivity contribution in [3.05, 3.63) is 71.7 Å². The van der Waals surface area contributed by atoms with Gasteiger partial charge in [-0.3, -0.25) is 19.3 Å². The van der Waals surface area contributed by atoms with Crippen LogP contribution in [0.3, 0.4) is 0 Å². The summed E-state index contributed by atoms with van der Waals surface area (Å²) in [6.07, 6.45) is 8.45. The highest BCUT2D eigenvalue weighted by Gasteiger charge is 2.57. The van der Waals surface area contributed by atoms with Gasteiger partial charge in [-0.2, -0.15) is 5.10 Å². The van der Waals surface area contributed by atoms with Crippen molar-refractivity contribution in [3.8, 4) is 0 Å². The molecule has 2 amide bonds. The number of hydrogen-bond acceptors (Lipinski definition) is 5. The van der Waals surface area contributed by atoms with Crippen molar-refractivity contribution in [2.45, 2.75) is 32.2 Å². The summed E-state index contributed by atoms with van der Waals surface area (Å²) in [6.45, 7) is 3.95. The molecule has 2 atom stereocenters. The van der Waals surface area contributed by atoms with E-state index < -0.39 is 5.41 Å². The zero-order valence-electron chi connectivity index (χ0n) is 18.4. The monoisotopic (exact) mass is 433 g/mol. The van der Waals surface area contributed by atoms with Crippen LogP contribution in [0.5, 0.6) is 0 Å². The van der Waals surface area contributed by atoms with E-state index >= 15 is 0 Å². The van der Waals surface area contributed by atoms with Gasteiger partial charge in [-0.15, -0.1) is 0 Å². The standard InChI is InChI=1S/C24H27N5O3/c1-17-19(7-13-32-17)22(30)29-15-20(21-6-11-26-27(21)2)24(16-29)8-3-12-28(23(24)31)14-18-4-9-25-10-5-18/h4-7,9-11,13,20H,3,8,12,14-16H2,1-2H3/t20-,24+/m0/s1. The third kappa shape index (κ3) is 3.30. The molecule has 0 N–H and O–H groups in total. The number of nitrogens with zero attached hydrogens (tertiary/aromatic N) is 5. The van der Waals surface area contributed by atoms with Gasteiger partial charge in [0.25, 0.3) is 5.91 Å². The SMILES string of the molecule is Cc1occc1C(=O)N1C[C@@H](c2ccnn2C)[C@@]2(CCCN(Cc3ccncc3)C2=O)C1. The minimum atomic E-state index is -0.660. The number of rotatable bonds is 4. The summed E-state index contributed by atoms with van der Waals surface area (Å²) >= 11 is 0. The lowest BCUT2D eigenvalue weighted by Gasteiger charge is -2.42. The summed E-state index contributed by atoms with van der Waals surface area (Å²) in [5, 5.41) is 4.35. The van der Waals surface area contributed by atoms with E-state index in [1.807, 2.05) is 39.7 Å². The van der Waals surface area contributed by atoms with Gasteiger partial charge in [-0.05, 0) is 49.6 Å². The number of pyridine rings is 1. The highest BCUT2D eigenvalue weighted by Crippen LogP contribution is 2.49. The van der Waals surface area contributed by atoms with E-state index in [1.165, 1.54) is 6.26 Å². The van der Waals surface area contributed by atoms with Gasteiger partial charge in [-0.1, -0.05) is 0 Å². The second-order valence-electron chi connectivity index (χ2n) is 8.85. The summed E-state index contributed by atoms with van der Waals surface area (Å²) in [7, 11) is 1.90. The molecule has 0 saturated carbocycles. The van der Waals surface area contributed by atoms with Crippen molar-refractivity contribution in [1.82, 2.24) is 24.6 Å². The lowest BCUT2D eigenvalue weighted by atomic mass is 9.70. The highest BCUT2D eigenvalue weighted by atomic mass is 16.3. The van der Waals surface area contributed by atoms with Crippen molar-refractivity contribution in [2.75, 3.05) is 19.6 Å². The van der Waals surface area contributed by atoms with Gasteiger partial charge in [0.15, 0.2) is 0 Å². The third-order valence-electron chi connectivity index (χ3n) is 7.02. The molecule has 166 valence electrons. The van der Waals surface area contributed by atoms with Crippen molar-refractivity contribution >= 4 is 11.8 Å². The van der Waals surface area contributed by atoms with Crippen LogP contribution in [0, 0.1) is 12.3 Å². The number of piperidine rings is 1. The number of likely N-dealkylation sites (tertiary alicyclic amines) is 2. The number of carbonyl (C=O) groups is 2. The minimum Gasteiger partial charge on any atom is -0.469 e. The molecule has 3 aromatic heterocycles. The Labute approximate surface area is 186 Å². The lowest BCUT2D eigenvalue weighted by molar-refractivity contribution is -0.147. The molecule has 0 aromatic carbocycles. The van der Waals surface area contributed by atoms with Gasteiger partial charge in [-0.25, -0.2) is 0 Å². The molecular formula is C24H27N5O3. The Bertz CT molecular complexity index is 1140. The summed E-state index contributed by atoms with van der Waals surface area (Å²) in [4.78, 5) is 35.2. The van der Waals surface area contributed by atoms with E-state index in [0.717, 1.165) is 30.6 Å².